The Kier molecular flexibility index (Phi) is 12.0. The first-order valence-corrected chi connectivity index (χ1v) is 10.9. The van der Waals surface area contributed by atoms with Gasteiger partial charge in [0.2, 0.25) is 0 Å². The highest BCUT2D eigenvalue weighted by Gasteiger charge is 2.23. The minimum atomic E-state index is -0.982. The molecule has 1 aliphatic rings. The summed E-state index contributed by atoms with van der Waals surface area (Å²) in [5.41, 5.74) is 0. The Morgan fingerprint density at radius 1 is 0.656 bits per heavy atom. The van der Waals surface area contributed by atoms with Gasteiger partial charge in [-0.1, -0.05) is 0 Å². The third-order valence-electron chi connectivity index (χ3n) is 5.23. The van der Waals surface area contributed by atoms with E-state index in [1.54, 1.807) is 14.7 Å². The molecular weight excluding hydrogens is 422 g/mol. The molecule has 32 heavy (non-hydrogen) atoms. The third kappa shape index (κ3) is 13.6. The molecule has 1 unspecified atom stereocenters. The van der Waals surface area contributed by atoms with E-state index >= 15 is 0 Å². The predicted molar refractivity (Wildman–Crippen MR) is 118 cm³/mol. The van der Waals surface area contributed by atoms with E-state index < -0.39 is 24.0 Å². The maximum Gasteiger partial charge on any atom is 0.317 e. The van der Waals surface area contributed by atoms with Gasteiger partial charge in [0.15, 0.2) is 0 Å². The molecule has 1 heterocycles. The lowest BCUT2D eigenvalue weighted by Gasteiger charge is -2.34. The van der Waals surface area contributed by atoms with Crippen molar-refractivity contribution < 1.29 is 39.3 Å². The van der Waals surface area contributed by atoms with Crippen LogP contribution in [0.3, 0.4) is 0 Å². The zero-order chi connectivity index (χ0) is 24.3. The summed E-state index contributed by atoms with van der Waals surface area (Å²) >= 11 is 0. The van der Waals surface area contributed by atoms with Gasteiger partial charge in [-0.25, -0.2) is 0 Å². The van der Waals surface area contributed by atoms with Crippen LogP contribution in [0.1, 0.15) is 0 Å². The van der Waals surface area contributed by atoms with E-state index in [1.165, 1.54) is 0 Å². The first-order chi connectivity index (χ1) is 14.8. The van der Waals surface area contributed by atoms with Crippen LogP contribution in [0, 0.1) is 0 Å². The summed E-state index contributed by atoms with van der Waals surface area (Å²) in [6.45, 7) is 3.89. The van der Waals surface area contributed by atoms with Crippen molar-refractivity contribution in [1.29, 1.82) is 0 Å². The summed E-state index contributed by atoms with van der Waals surface area (Å²) in [6.07, 6.45) is -0.574. The van der Waals surface area contributed by atoms with Crippen LogP contribution < -0.4 is 0 Å². The van der Waals surface area contributed by atoms with E-state index in [4.69, 9.17) is 0 Å². The molecule has 0 aromatic heterocycles. The summed E-state index contributed by atoms with van der Waals surface area (Å²) < 4.78 is 0.602. The van der Waals surface area contributed by atoms with Crippen LogP contribution >= 0.6 is 0 Å². The number of nitrogens with zero attached hydrogens (tertiary/aromatic N) is 5. The largest absolute Gasteiger partial charge is 0.480 e. The van der Waals surface area contributed by atoms with Crippen LogP contribution in [0.15, 0.2) is 0 Å². The molecule has 0 aromatic rings. The number of carboxylic acids is 3. The number of hydrogen-bond donors (Lipinski definition) is 4. The highest BCUT2D eigenvalue weighted by molar-refractivity contribution is 5.69. The number of aliphatic hydroxyl groups excluding tert-OH is 1. The zero-order valence-electron chi connectivity index (χ0n) is 19.5. The summed E-state index contributed by atoms with van der Waals surface area (Å²) in [6, 6.07) is 0. The molecule has 0 radical (unpaired) electrons. The van der Waals surface area contributed by atoms with Crippen molar-refractivity contribution in [1.82, 2.24) is 19.6 Å². The minimum absolute atomic E-state index is 0.151. The fourth-order valence-electron chi connectivity index (χ4n) is 3.80. The summed E-state index contributed by atoms with van der Waals surface area (Å²) in [5.74, 6) is -2.89. The number of likely N-dealkylation sites (N-methyl/N-ethyl adjacent to an activating group) is 1. The number of quaternary nitrogens is 1. The minimum Gasteiger partial charge on any atom is -0.480 e. The Bertz CT molecular complexity index is 582. The first-order valence-electron chi connectivity index (χ1n) is 10.9. The third-order valence-corrected chi connectivity index (χ3v) is 5.23. The van der Waals surface area contributed by atoms with E-state index in [0.717, 1.165) is 0 Å². The van der Waals surface area contributed by atoms with Crippen LogP contribution in [0.2, 0.25) is 0 Å². The van der Waals surface area contributed by atoms with E-state index in [2.05, 4.69) is 0 Å². The molecule has 186 valence electrons. The molecule has 0 bridgehead atoms. The van der Waals surface area contributed by atoms with Gasteiger partial charge in [-0.05, 0) is 0 Å². The van der Waals surface area contributed by atoms with Crippen LogP contribution in [0.5, 0.6) is 0 Å². The van der Waals surface area contributed by atoms with Crippen LogP contribution in [-0.2, 0) is 14.4 Å². The Hall–Kier alpha value is -1.83. The van der Waals surface area contributed by atoms with E-state index in [1.807, 2.05) is 26.0 Å². The lowest BCUT2D eigenvalue weighted by atomic mass is 10.2. The molecule has 1 aliphatic heterocycles. The van der Waals surface area contributed by atoms with Crippen molar-refractivity contribution in [3.63, 3.8) is 0 Å². The van der Waals surface area contributed by atoms with Gasteiger partial charge in [-0.15, -0.1) is 0 Å². The second-order valence-electron chi connectivity index (χ2n) is 9.44. The smallest absolute Gasteiger partial charge is 0.317 e. The highest BCUT2D eigenvalue weighted by atomic mass is 16.4. The Morgan fingerprint density at radius 3 is 1.19 bits per heavy atom. The number of aliphatic hydroxyl groups is 1. The molecule has 0 amide bonds. The quantitative estimate of drug-likeness (QED) is 0.256. The number of β-amino-alcohol motifs (C(OH)–C–C–N with tert-alkyl or cyclic N) is 1. The molecule has 0 aromatic carbocycles. The average molecular weight is 463 g/mol. The number of aliphatic carboxylic acids is 3. The van der Waals surface area contributed by atoms with Gasteiger partial charge in [0.05, 0.1) is 40.8 Å². The molecule has 1 fully saturated rings. The van der Waals surface area contributed by atoms with Crippen molar-refractivity contribution in [3.05, 3.63) is 0 Å². The standard InChI is InChI=1S/C20H39N5O7/c1-25(2,3)16-17(26)12-21-4-6-22(13-18(27)28)8-10-24(15-20(31)32)11-9-23(7-5-21)14-19(29)30/h17,26H,4-16H2,1-3H3,(H2-,27,28,29,30,31,32)/p+1. The topological polar surface area (TPSA) is 145 Å². The van der Waals surface area contributed by atoms with Crippen molar-refractivity contribution in [2.75, 3.05) is 106 Å². The SMILES string of the molecule is C[N+](C)(C)CC(O)CN1CCN(CC(=O)O)CCN(CC(=O)O)CCN(CC(=O)O)CC1. The predicted octanol–water partition coefficient (Wildman–Crippen LogP) is -2.47. The van der Waals surface area contributed by atoms with Crippen LogP contribution in [-0.4, -0.2) is 175 Å². The maximum absolute atomic E-state index is 11.3. The van der Waals surface area contributed by atoms with E-state index in [9.17, 15) is 34.8 Å². The van der Waals surface area contributed by atoms with E-state index in [0.29, 0.717) is 69.9 Å². The fourth-order valence-corrected chi connectivity index (χ4v) is 3.80. The van der Waals surface area contributed by atoms with Crippen molar-refractivity contribution >= 4 is 17.9 Å². The van der Waals surface area contributed by atoms with Gasteiger partial charge in [0.25, 0.3) is 0 Å². The Morgan fingerprint density at radius 2 is 0.938 bits per heavy atom. The van der Waals surface area contributed by atoms with Crippen LogP contribution in [0.4, 0.5) is 0 Å². The van der Waals surface area contributed by atoms with Gasteiger partial charge in [-0.2, -0.15) is 0 Å². The average Bonchev–Trinajstić information content (AvgIpc) is 2.61. The number of carbonyl (C=O) groups is 3. The lowest BCUT2D eigenvalue weighted by Crippen LogP contribution is -2.51. The molecule has 4 N–H and O–H groups in total. The maximum atomic E-state index is 11.3. The molecule has 1 atom stereocenters. The summed E-state index contributed by atoms with van der Waals surface area (Å²) in [5, 5.41) is 38.2. The molecule has 1 rings (SSSR count). The molecule has 0 aliphatic carbocycles. The van der Waals surface area contributed by atoms with Gasteiger partial charge < -0.3 is 24.9 Å². The van der Waals surface area contributed by atoms with Crippen molar-refractivity contribution in [2.45, 2.75) is 6.10 Å². The second-order valence-corrected chi connectivity index (χ2v) is 9.44. The molecule has 0 spiro atoms. The molecule has 0 saturated carbocycles. The number of rotatable bonds is 10. The first kappa shape index (κ1) is 28.2. The van der Waals surface area contributed by atoms with E-state index in [-0.39, 0.29) is 19.6 Å². The summed E-state index contributed by atoms with van der Waals surface area (Å²) in [7, 11) is 5.98. The van der Waals surface area contributed by atoms with Gasteiger partial charge >= 0.3 is 17.9 Å². The lowest BCUT2D eigenvalue weighted by molar-refractivity contribution is -0.873. The number of carboxylic acid groups (broad SMARTS) is 3. The number of hydrogen-bond acceptors (Lipinski definition) is 8. The Balaban J connectivity index is 2.95. The van der Waals surface area contributed by atoms with Gasteiger partial charge in [0, 0.05) is 58.9 Å². The molecule has 1 saturated heterocycles. The van der Waals surface area contributed by atoms with Crippen molar-refractivity contribution in [3.8, 4) is 0 Å². The molecule has 12 nitrogen and oxygen atoms in total. The monoisotopic (exact) mass is 462 g/mol. The molecule has 12 heteroatoms. The fraction of sp³-hybridized carbons (Fsp3) is 0.850. The highest BCUT2D eigenvalue weighted by Crippen LogP contribution is 2.04. The normalized spacial score (nSPS) is 20.2. The van der Waals surface area contributed by atoms with Gasteiger partial charge in [0.1, 0.15) is 12.6 Å². The van der Waals surface area contributed by atoms with Crippen molar-refractivity contribution in [2.24, 2.45) is 0 Å². The Labute approximate surface area is 189 Å². The zero-order valence-corrected chi connectivity index (χ0v) is 19.5. The second kappa shape index (κ2) is 13.7. The van der Waals surface area contributed by atoms with Gasteiger partial charge in [-0.3, -0.25) is 34.0 Å². The molecular formula is C20H40N5O7+. The summed E-state index contributed by atoms with van der Waals surface area (Å²) in [4.78, 5) is 41.1. The van der Waals surface area contributed by atoms with Crippen LogP contribution in [0.25, 0.3) is 0 Å².